The van der Waals surface area contributed by atoms with Crippen LogP contribution in [-0.2, 0) is 4.79 Å². The quantitative estimate of drug-likeness (QED) is 0.454. The van der Waals surface area contributed by atoms with Crippen LogP contribution in [0.5, 0.6) is 5.75 Å². The Morgan fingerprint density at radius 1 is 1.21 bits per heavy atom. The number of rotatable bonds is 6. The minimum absolute atomic E-state index is 0.0124. The number of carbonyl (C=O) groups is 1. The maximum absolute atomic E-state index is 16.3. The number of piperazine rings is 1. The van der Waals surface area contributed by atoms with Crippen LogP contribution in [0, 0.1) is 11.6 Å². The van der Waals surface area contributed by atoms with Crippen LogP contribution in [0.15, 0.2) is 36.9 Å². The van der Waals surface area contributed by atoms with Gasteiger partial charge in [-0.2, -0.15) is 4.98 Å². The molecule has 11 heteroatoms. The van der Waals surface area contributed by atoms with Crippen molar-refractivity contribution in [2.75, 3.05) is 56.1 Å². The van der Waals surface area contributed by atoms with Crippen molar-refractivity contribution in [3.8, 4) is 16.9 Å². The van der Waals surface area contributed by atoms with E-state index in [1.165, 1.54) is 24.3 Å². The van der Waals surface area contributed by atoms with Crippen LogP contribution in [-0.4, -0.2) is 89.2 Å². The number of benzene rings is 2. The number of likely N-dealkylation sites (N-methyl/N-ethyl adjacent to an activating group) is 1. The summed E-state index contributed by atoms with van der Waals surface area (Å²) in [4.78, 5) is 29.7. The van der Waals surface area contributed by atoms with Crippen LogP contribution in [0.1, 0.15) is 13.8 Å². The first-order valence-corrected chi connectivity index (χ1v) is 13.3. The highest BCUT2D eigenvalue weighted by Gasteiger charge is 2.34. The number of hydrogen-bond donors (Lipinski definition) is 1. The molecule has 0 radical (unpaired) electrons. The van der Waals surface area contributed by atoms with Crippen LogP contribution in [0.3, 0.4) is 0 Å². The Kier molecular flexibility index (Phi) is 7.35. The first-order chi connectivity index (χ1) is 18.6. The maximum atomic E-state index is 16.3. The van der Waals surface area contributed by atoms with E-state index in [9.17, 15) is 14.3 Å². The number of carbonyl (C=O) groups excluding carboxylic acids is 1. The van der Waals surface area contributed by atoms with E-state index in [-0.39, 0.29) is 33.6 Å². The zero-order valence-electron chi connectivity index (χ0n) is 22.2. The molecule has 2 saturated heterocycles. The number of hydrogen-bond acceptors (Lipinski definition) is 7. The number of phenolic OH excluding ortho intramolecular Hbond substituents is 1. The zero-order chi connectivity index (χ0) is 28.0. The predicted molar refractivity (Wildman–Crippen MR) is 149 cm³/mol. The molecule has 0 spiro atoms. The fourth-order valence-electron chi connectivity index (χ4n) is 5.29. The minimum atomic E-state index is -0.834. The van der Waals surface area contributed by atoms with Crippen LogP contribution in [0.25, 0.3) is 22.0 Å². The number of nitrogens with zero attached hydrogens (tertiary/aromatic N) is 6. The molecule has 1 N–H and O–H groups in total. The smallest absolute Gasteiger partial charge is 0.246 e. The van der Waals surface area contributed by atoms with Crippen molar-refractivity contribution in [3.05, 3.63) is 53.6 Å². The average molecular weight is 557 g/mol. The Morgan fingerprint density at radius 2 is 1.95 bits per heavy atom. The molecule has 0 bridgehead atoms. The summed E-state index contributed by atoms with van der Waals surface area (Å²) in [5.74, 6) is -1.35. The van der Waals surface area contributed by atoms with Crippen LogP contribution >= 0.6 is 11.6 Å². The SMILES string of the molecule is C=CC(=O)N1CCN(c2nc(N3CC(N(C)CC)C3)nc3c(F)c(-c4c(O)cccc4F)c(Cl)cc23)CC1C. The summed E-state index contributed by atoms with van der Waals surface area (Å²) in [6.07, 6.45) is 1.30. The highest BCUT2D eigenvalue weighted by Crippen LogP contribution is 2.43. The highest BCUT2D eigenvalue weighted by atomic mass is 35.5. The third kappa shape index (κ3) is 4.76. The van der Waals surface area contributed by atoms with Gasteiger partial charge in [-0.25, -0.2) is 13.8 Å². The van der Waals surface area contributed by atoms with Crippen molar-refractivity contribution >= 4 is 40.2 Å². The molecule has 2 aromatic carbocycles. The molecule has 206 valence electrons. The van der Waals surface area contributed by atoms with E-state index in [4.69, 9.17) is 16.6 Å². The lowest BCUT2D eigenvalue weighted by molar-refractivity contribution is -0.128. The molecule has 2 aliphatic rings. The van der Waals surface area contributed by atoms with Crippen molar-refractivity contribution in [1.29, 1.82) is 0 Å². The molecule has 0 saturated carbocycles. The van der Waals surface area contributed by atoms with Crippen molar-refractivity contribution in [1.82, 2.24) is 19.8 Å². The molecule has 3 aromatic rings. The third-order valence-corrected chi connectivity index (χ3v) is 8.04. The Bertz CT molecular complexity index is 1430. The van der Waals surface area contributed by atoms with E-state index in [1.54, 1.807) is 4.90 Å². The lowest BCUT2D eigenvalue weighted by Gasteiger charge is -2.44. The lowest BCUT2D eigenvalue weighted by atomic mass is 10.0. The fourth-order valence-corrected chi connectivity index (χ4v) is 5.58. The number of anilines is 2. The van der Waals surface area contributed by atoms with Gasteiger partial charge in [-0.3, -0.25) is 4.79 Å². The van der Waals surface area contributed by atoms with Crippen molar-refractivity contribution in [2.45, 2.75) is 25.9 Å². The summed E-state index contributed by atoms with van der Waals surface area (Å²) < 4.78 is 31.1. The van der Waals surface area contributed by atoms with Gasteiger partial charge in [0.25, 0.3) is 0 Å². The van der Waals surface area contributed by atoms with Gasteiger partial charge in [0.05, 0.1) is 10.6 Å². The van der Waals surface area contributed by atoms with Crippen LogP contribution < -0.4 is 9.80 Å². The molecule has 1 aromatic heterocycles. The summed E-state index contributed by atoms with van der Waals surface area (Å²) >= 11 is 6.55. The molecule has 3 heterocycles. The first-order valence-electron chi connectivity index (χ1n) is 12.9. The van der Waals surface area contributed by atoms with E-state index < -0.39 is 17.4 Å². The first kappa shape index (κ1) is 27.1. The van der Waals surface area contributed by atoms with Gasteiger partial charge in [0.2, 0.25) is 11.9 Å². The maximum Gasteiger partial charge on any atom is 0.246 e. The Labute approximate surface area is 231 Å². The molecule has 1 unspecified atom stereocenters. The van der Waals surface area contributed by atoms with Gasteiger partial charge in [0.15, 0.2) is 5.82 Å². The number of aromatic nitrogens is 2. The van der Waals surface area contributed by atoms with E-state index in [1.807, 2.05) is 16.7 Å². The molecule has 1 amide bonds. The summed E-state index contributed by atoms with van der Waals surface area (Å²) in [5, 5.41) is 10.7. The van der Waals surface area contributed by atoms with Crippen molar-refractivity contribution in [3.63, 3.8) is 0 Å². The third-order valence-electron chi connectivity index (χ3n) is 7.74. The van der Waals surface area contributed by atoms with Crippen LogP contribution in [0.2, 0.25) is 5.02 Å². The lowest BCUT2D eigenvalue weighted by Crippen LogP contribution is -2.59. The Hall–Kier alpha value is -3.50. The van der Waals surface area contributed by atoms with Gasteiger partial charge in [0, 0.05) is 55.8 Å². The number of phenols is 1. The number of amides is 1. The highest BCUT2D eigenvalue weighted by molar-refractivity contribution is 6.34. The summed E-state index contributed by atoms with van der Waals surface area (Å²) in [7, 11) is 2.05. The number of halogens is 3. The van der Waals surface area contributed by atoms with Crippen molar-refractivity contribution in [2.24, 2.45) is 0 Å². The van der Waals surface area contributed by atoms with Gasteiger partial charge >= 0.3 is 0 Å². The molecule has 39 heavy (non-hydrogen) atoms. The topological polar surface area (TPSA) is 76.0 Å². The van der Waals surface area contributed by atoms with Gasteiger partial charge in [-0.1, -0.05) is 31.2 Å². The van der Waals surface area contributed by atoms with Gasteiger partial charge < -0.3 is 24.7 Å². The normalized spacial score (nSPS) is 18.1. The molecule has 2 aliphatic heterocycles. The van der Waals surface area contributed by atoms with E-state index in [0.717, 1.165) is 12.6 Å². The summed E-state index contributed by atoms with van der Waals surface area (Å²) in [6, 6.07) is 5.47. The summed E-state index contributed by atoms with van der Waals surface area (Å²) in [5.41, 5.74) is -0.582. The van der Waals surface area contributed by atoms with Gasteiger partial charge in [-0.05, 0) is 44.8 Å². The zero-order valence-corrected chi connectivity index (χ0v) is 22.9. The number of fused-ring (bicyclic) bond motifs is 1. The Balaban J connectivity index is 1.64. The molecular formula is C28H31ClF2N6O2. The monoisotopic (exact) mass is 556 g/mol. The van der Waals surface area contributed by atoms with Crippen LogP contribution in [0.4, 0.5) is 20.5 Å². The Morgan fingerprint density at radius 3 is 2.59 bits per heavy atom. The summed E-state index contributed by atoms with van der Waals surface area (Å²) in [6.45, 7) is 11.2. The molecule has 2 fully saturated rings. The van der Waals surface area contributed by atoms with Gasteiger partial charge in [-0.15, -0.1) is 0 Å². The second kappa shape index (κ2) is 10.6. The van der Waals surface area contributed by atoms with Gasteiger partial charge in [0.1, 0.15) is 22.9 Å². The average Bonchev–Trinajstić information content (AvgIpc) is 2.88. The predicted octanol–water partition coefficient (Wildman–Crippen LogP) is 4.30. The molecular weight excluding hydrogens is 526 g/mol. The number of aromatic hydroxyl groups is 1. The molecule has 5 rings (SSSR count). The minimum Gasteiger partial charge on any atom is -0.507 e. The molecule has 1 atom stereocenters. The standard InChI is InChI=1S/C28H31ClF2N6O2/c1-5-22(39)37-11-10-35(13-16(37)3)27-18-12-19(29)23(24-20(30)8-7-9-21(24)38)25(31)26(18)32-28(33-27)36-14-17(15-36)34(4)6-2/h5,7-9,12,16-17,38H,1,6,10-11,13-15H2,2-4H3. The second-order valence-electron chi connectivity index (χ2n) is 10.1. The van der Waals surface area contributed by atoms with E-state index in [2.05, 4.69) is 30.4 Å². The molecule has 0 aliphatic carbocycles. The largest absolute Gasteiger partial charge is 0.507 e. The fraction of sp³-hybridized carbons (Fsp3) is 0.393. The van der Waals surface area contributed by atoms with E-state index in [0.29, 0.717) is 55.9 Å². The van der Waals surface area contributed by atoms with E-state index >= 15 is 4.39 Å². The second-order valence-corrected chi connectivity index (χ2v) is 10.5. The van der Waals surface area contributed by atoms with Crippen molar-refractivity contribution < 1.29 is 18.7 Å². The molecule has 8 nitrogen and oxygen atoms in total.